The molecular weight excluding hydrogens is 248 g/mol. The Bertz CT molecular complexity index is 384. The van der Waals surface area contributed by atoms with Crippen molar-refractivity contribution in [2.24, 2.45) is 0 Å². The van der Waals surface area contributed by atoms with E-state index in [1.54, 1.807) is 18.0 Å². The van der Waals surface area contributed by atoms with Crippen molar-refractivity contribution in [2.75, 3.05) is 35.7 Å². The summed E-state index contributed by atoms with van der Waals surface area (Å²) in [6.07, 6.45) is 3.75. The highest BCUT2D eigenvalue weighted by molar-refractivity contribution is 7.98. The van der Waals surface area contributed by atoms with Gasteiger partial charge < -0.3 is 15.7 Å². The zero-order chi connectivity index (χ0) is 13.6. The summed E-state index contributed by atoms with van der Waals surface area (Å²) in [5, 5.41) is 16.3. The van der Waals surface area contributed by atoms with Gasteiger partial charge in [-0.15, -0.1) is 0 Å². The van der Waals surface area contributed by atoms with Crippen LogP contribution in [0.2, 0.25) is 0 Å². The Morgan fingerprint density at radius 2 is 2.17 bits per heavy atom. The van der Waals surface area contributed by atoms with E-state index >= 15 is 0 Å². The first kappa shape index (κ1) is 15.0. The van der Waals surface area contributed by atoms with Crippen LogP contribution >= 0.6 is 11.8 Å². The van der Waals surface area contributed by atoms with Gasteiger partial charge in [0.15, 0.2) is 0 Å². The number of anilines is 2. The van der Waals surface area contributed by atoms with Crippen molar-refractivity contribution in [3.05, 3.63) is 11.8 Å². The summed E-state index contributed by atoms with van der Waals surface area (Å²) in [5.41, 5.74) is 0.228. The normalized spacial score (nSPS) is 14.1. The van der Waals surface area contributed by atoms with Gasteiger partial charge in [-0.1, -0.05) is 0 Å². The summed E-state index contributed by atoms with van der Waals surface area (Å²) in [7, 11) is 0. The molecule has 1 atom stereocenters. The highest BCUT2D eigenvalue weighted by Crippen LogP contribution is 2.16. The standard InChI is InChI=1S/C12H22N4OS/c1-5-13-11-14-6-9(2)10(16-11)15-7-12(3,17)8-18-4/h6,17H,5,7-8H2,1-4H3,(H2,13,14,15,16). The van der Waals surface area contributed by atoms with Crippen molar-refractivity contribution in [1.29, 1.82) is 0 Å². The molecule has 1 aromatic heterocycles. The molecule has 0 saturated heterocycles. The second-order valence-corrected chi connectivity index (χ2v) is 5.41. The van der Waals surface area contributed by atoms with Crippen LogP contribution in [0.25, 0.3) is 0 Å². The first-order valence-electron chi connectivity index (χ1n) is 6.01. The molecule has 0 fully saturated rings. The summed E-state index contributed by atoms with van der Waals surface area (Å²) in [6.45, 7) is 7.02. The van der Waals surface area contributed by atoms with Crippen LogP contribution in [-0.4, -0.2) is 45.8 Å². The van der Waals surface area contributed by atoms with Gasteiger partial charge in [-0.05, 0) is 27.0 Å². The second-order valence-electron chi connectivity index (χ2n) is 4.54. The third-order valence-electron chi connectivity index (χ3n) is 2.40. The van der Waals surface area contributed by atoms with Crippen LogP contribution in [0.1, 0.15) is 19.4 Å². The van der Waals surface area contributed by atoms with Crippen molar-refractivity contribution in [1.82, 2.24) is 9.97 Å². The van der Waals surface area contributed by atoms with E-state index in [1.807, 2.05) is 27.0 Å². The fraction of sp³-hybridized carbons (Fsp3) is 0.667. The molecule has 0 bridgehead atoms. The molecule has 6 heteroatoms. The van der Waals surface area contributed by atoms with Gasteiger partial charge in [-0.3, -0.25) is 0 Å². The maximum absolute atomic E-state index is 10.1. The molecule has 0 amide bonds. The van der Waals surface area contributed by atoms with E-state index in [0.717, 1.165) is 17.9 Å². The Morgan fingerprint density at radius 1 is 1.44 bits per heavy atom. The largest absolute Gasteiger partial charge is 0.387 e. The lowest BCUT2D eigenvalue weighted by Gasteiger charge is -2.23. The van der Waals surface area contributed by atoms with Gasteiger partial charge in [0.05, 0.1) is 5.60 Å². The molecular formula is C12H22N4OS. The minimum absolute atomic E-state index is 0.470. The summed E-state index contributed by atoms with van der Waals surface area (Å²) < 4.78 is 0. The van der Waals surface area contributed by atoms with E-state index < -0.39 is 5.60 Å². The second kappa shape index (κ2) is 6.80. The number of hydrogen-bond donors (Lipinski definition) is 3. The maximum Gasteiger partial charge on any atom is 0.224 e. The average Bonchev–Trinajstić information content (AvgIpc) is 2.30. The molecule has 1 rings (SSSR count). The summed E-state index contributed by atoms with van der Waals surface area (Å²) in [5.74, 6) is 2.06. The molecule has 0 spiro atoms. The highest BCUT2D eigenvalue weighted by atomic mass is 32.2. The lowest BCUT2D eigenvalue weighted by Crippen LogP contribution is -2.36. The third kappa shape index (κ3) is 4.70. The number of rotatable bonds is 7. The zero-order valence-corrected chi connectivity index (χ0v) is 12.3. The Kier molecular flexibility index (Phi) is 5.68. The van der Waals surface area contributed by atoms with E-state index in [1.165, 1.54) is 0 Å². The maximum atomic E-state index is 10.1. The van der Waals surface area contributed by atoms with Crippen LogP contribution in [-0.2, 0) is 0 Å². The molecule has 18 heavy (non-hydrogen) atoms. The van der Waals surface area contributed by atoms with Crippen molar-refractivity contribution in [2.45, 2.75) is 26.4 Å². The Morgan fingerprint density at radius 3 is 2.78 bits per heavy atom. The molecule has 0 aliphatic rings. The predicted molar refractivity (Wildman–Crippen MR) is 78.4 cm³/mol. The van der Waals surface area contributed by atoms with E-state index in [2.05, 4.69) is 20.6 Å². The molecule has 1 heterocycles. The monoisotopic (exact) mass is 270 g/mol. The molecule has 1 unspecified atom stereocenters. The molecule has 5 nitrogen and oxygen atoms in total. The van der Waals surface area contributed by atoms with Crippen molar-refractivity contribution >= 4 is 23.5 Å². The number of nitrogens with zero attached hydrogens (tertiary/aromatic N) is 2. The number of aliphatic hydroxyl groups is 1. The Balaban J connectivity index is 2.68. The van der Waals surface area contributed by atoms with Crippen molar-refractivity contribution in [3.8, 4) is 0 Å². The summed E-state index contributed by atoms with van der Waals surface area (Å²) >= 11 is 1.62. The quantitative estimate of drug-likeness (QED) is 0.701. The van der Waals surface area contributed by atoms with Gasteiger partial charge >= 0.3 is 0 Å². The van der Waals surface area contributed by atoms with Gasteiger partial charge in [0.2, 0.25) is 5.95 Å². The first-order valence-corrected chi connectivity index (χ1v) is 7.40. The average molecular weight is 270 g/mol. The fourth-order valence-electron chi connectivity index (χ4n) is 1.50. The van der Waals surface area contributed by atoms with Crippen LogP contribution in [0.4, 0.5) is 11.8 Å². The molecule has 0 radical (unpaired) electrons. The zero-order valence-electron chi connectivity index (χ0n) is 11.4. The van der Waals surface area contributed by atoms with Gasteiger partial charge in [-0.25, -0.2) is 4.98 Å². The number of aromatic nitrogens is 2. The topological polar surface area (TPSA) is 70.1 Å². The third-order valence-corrected chi connectivity index (χ3v) is 3.31. The van der Waals surface area contributed by atoms with Crippen LogP contribution in [0.3, 0.4) is 0 Å². The molecule has 0 saturated carbocycles. The summed E-state index contributed by atoms with van der Waals surface area (Å²) in [6, 6.07) is 0. The van der Waals surface area contributed by atoms with E-state index in [-0.39, 0.29) is 0 Å². The lowest BCUT2D eigenvalue weighted by molar-refractivity contribution is 0.0996. The van der Waals surface area contributed by atoms with Gasteiger partial charge in [0.25, 0.3) is 0 Å². The minimum atomic E-state index is -0.741. The van der Waals surface area contributed by atoms with E-state index in [4.69, 9.17) is 0 Å². The van der Waals surface area contributed by atoms with Gasteiger partial charge in [0, 0.05) is 30.6 Å². The molecule has 0 aliphatic heterocycles. The lowest BCUT2D eigenvalue weighted by atomic mass is 10.1. The van der Waals surface area contributed by atoms with Crippen LogP contribution in [0.15, 0.2) is 6.20 Å². The highest BCUT2D eigenvalue weighted by Gasteiger charge is 2.19. The van der Waals surface area contributed by atoms with E-state index in [9.17, 15) is 5.11 Å². The minimum Gasteiger partial charge on any atom is -0.387 e. The van der Waals surface area contributed by atoms with Crippen LogP contribution in [0.5, 0.6) is 0 Å². The smallest absolute Gasteiger partial charge is 0.224 e. The molecule has 0 aromatic carbocycles. The van der Waals surface area contributed by atoms with Crippen LogP contribution in [0, 0.1) is 6.92 Å². The molecule has 0 aliphatic carbocycles. The van der Waals surface area contributed by atoms with Crippen molar-refractivity contribution in [3.63, 3.8) is 0 Å². The van der Waals surface area contributed by atoms with Gasteiger partial charge in [0.1, 0.15) is 5.82 Å². The molecule has 1 aromatic rings. The molecule has 102 valence electrons. The Labute approximate surface area is 113 Å². The van der Waals surface area contributed by atoms with E-state index in [0.29, 0.717) is 18.2 Å². The number of aryl methyl sites for hydroxylation is 1. The SMILES string of the molecule is CCNc1ncc(C)c(NCC(C)(O)CSC)n1. The van der Waals surface area contributed by atoms with Gasteiger partial charge in [-0.2, -0.15) is 16.7 Å². The Hall–Kier alpha value is -1.01. The number of thioether (sulfide) groups is 1. The van der Waals surface area contributed by atoms with Crippen LogP contribution < -0.4 is 10.6 Å². The fourth-order valence-corrected chi connectivity index (χ4v) is 2.22. The first-order chi connectivity index (χ1) is 8.48. The number of nitrogens with one attached hydrogen (secondary N) is 2. The molecule has 3 N–H and O–H groups in total. The predicted octanol–water partition coefficient (Wildman–Crippen LogP) is 1.74. The number of hydrogen-bond acceptors (Lipinski definition) is 6. The van der Waals surface area contributed by atoms with Crippen molar-refractivity contribution < 1.29 is 5.11 Å². The summed E-state index contributed by atoms with van der Waals surface area (Å²) in [4.78, 5) is 8.55.